The Bertz CT molecular complexity index is 7640. The number of fused-ring (bicyclic) bond motifs is 17. The van der Waals surface area contributed by atoms with Crippen molar-refractivity contribution < 1.29 is 23.4 Å². The van der Waals surface area contributed by atoms with E-state index in [4.69, 9.17) is 23.4 Å². The molecule has 0 radical (unpaired) electrons. The average molecular weight is 1580 g/mol. The molecule has 0 amide bonds. The van der Waals surface area contributed by atoms with E-state index in [0.29, 0.717) is 28.7 Å². The number of para-hydroxylation sites is 3. The van der Waals surface area contributed by atoms with Crippen LogP contribution >= 0.6 is 0 Å². The topological polar surface area (TPSA) is 56.5 Å². The summed E-state index contributed by atoms with van der Waals surface area (Å²) in [6.45, 7) is -1.40. The zero-order valence-electron chi connectivity index (χ0n) is 67.0. The smallest absolute Gasteiger partial charge is 0.265 e. The first-order valence-electron chi connectivity index (χ1n) is 42.6. The number of nitrogens with zero attached hydrogens (tertiary/aromatic N) is 2. The van der Waals surface area contributed by atoms with E-state index < -0.39 is 13.4 Å². The maximum absolute atomic E-state index is 8.40. The molecule has 0 fully saturated rings. The van der Waals surface area contributed by atoms with Crippen LogP contribution in [-0.2, 0) is 0 Å². The minimum atomic E-state index is -0.539. The molecule has 0 unspecified atom stereocenters. The molecule has 1 aromatic heterocycles. The quantitative estimate of drug-likeness (QED) is 0.120. The molecule has 6 aliphatic heterocycles. The van der Waals surface area contributed by atoms with Gasteiger partial charge in [-0.05, 0) is 165 Å². The minimum absolute atomic E-state index is 0.325. The Morgan fingerprint density at radius 2 is 0.532 bits per heavy atom. The molecule has 0 saturated carbocycles. The molecule has 20 aromatic rings. The van der Waals surface area contributed by atoms with Crippen LogP contribution in [0.25, 0.3) is 122 Å². The van der Waals surface area contributed by atoms with Crippen molar-refractivity contribution in [1.29, 1.82) is 0 Å². The molecule has 26 rings (SSSR count). The summed E-state index contributed by atoms with van der Waals surface area (Å²) in [5.41, 5.74) is 35.8. The molecule has 574 valence electrons. The summed E-state index contributed by atoms with van der Waals surface area (Å²) in [5, 5.41) is 2.12. The second kappa shape index (κ2) is 27.8. The van der Waals surface area contributed by atoms with Crippen LogP contribution in [0.1, 0.15) is 0 Å². The third kappa shape index (κ3) is 10.9. The molecule has 10 heteroatoms. The fraction of sp³-hybridized carbons (Fsp3) is 0. The lowest BCUT2D eigenvalue weighted by molar-refractivity contribution is 0.443. The van der Waals surface area contributed by atoms with Crippen LogP contribution in [0.15, 0.2) is 423 Å². The van der Waals surface area contributed by atoms with Gasteiger partial charge in [0.1, 0.15) is 57.2 Å². The molecule has 19 aromatic carbocycles. The van der Waals surface area contributed by atoms with Gasteiger partial charge in [-0.15, -0.1) is 0 Å². The van der Waals surface area contributed by atoms with E-state index in [0.717, 1.165) is 223 Å². The van der Waals surface area contributed by atoms with Crippen molar-refractivity contribution in [2.45, 2.75) is 0 Å². The van der Waals surface area contributed by atoms with Gasteiger partial charge in [0.25, 0.3) is 20.1 Å². The van der Waals surface area contributed by atoms with Crippen molar-refractivity contribution in [2.24, 2.45) is 0 Å². The van der Waals surface area contributed by atoms with Crippen LogP contribution in [-0.4, -0.2) is 20.1 Å². The van der Waals surface area contributed by atoms with Crippen LogP contribution in [0.3, 0.4) is 0 Å². The van der Waals surface area contributed by atoms with Gasteiger partial charge in [0.15, 0.2) is 0 Å². The van der Waals surface area contributed by atoms with Gasteiger partial charge < -0.3 is 33.2 Å². The number of rotatable bonds is 11. The zero-order chi connectivity index (χ0) is 81.2. The Labute approximate surface area is 718 Å². The van der Waals surface area contributed by atoms with Crippen molar-refractivity contribution in [1.82, 2.24) is 0 Å². The summed E-state index contributed by atoms with van der Waals surface area (Å²) in [5.74, 6) is 5.65. The Hall–Kier alpha value is -16.0. The molecule has 0 atom stereocenters. The van der Waals surface area contributed by atoms with Gasteiger partial charge in [0, 0.05) is 84.3 Å². The average Bonchev–Trinajstić information content (AvgIpc) is 0.757. The van der Waals surface area contributed by atoms with E-state index in [2.05, 4.69) is 428 Å². The highest BCUT2D eigenvalue weighted by atomic mass is 16.5. The molecule has 0 bridgehead atoms. The minimum Gasteiger partial charge on any atom is -0.459 e. The van der Waals surface area contributed by atoms with Crippen LogP contribution in [0.4, 0.5) is 34.1 Å². The van der Waals surface area contributed by atoms with Gasteiger partial charge in [-0.1, -0.05) is 352 Å². The first-order valence-corrected chi connectivity index (χ1v) is 42.6. The molecule has 0 saturated heterocycles. The molecule has 7 nitrogen and oxygen atoms in total. The number of benzene rings is 19. The largest absolute Gasteiger partial charge is 0.459 e. The van der Waals surface area contributed by atoms with E-state index in [-0.39, 0.29) is 6.71 Å². The highest BCUT2D eigenvalue weighted by molar-refractivity contribution is 7.04. The van der Waals surface area contributed by atoms with Gasteiger partial charge in [0.05, 0.1) is 11.4 Å². The van der Waals surface area contributed by atoms with E-state index in [1.54, 1.807) is 0 Å². The Kier molecular flexibility index (Phi) is 15.7. The Morgan fingerprint density at radius 3 is 1.05 bits per heavy atom. The summed E-state index contributed by atoms with van der Waals surface area (Å²) >= 11 is 0. The Morgan fingerprint density at radius 1 is 0.177 bits per heavy atom. The second-order valence-electron chi connectivity index (χ2n) is 33.1. The Balaban J connectivity index is 0.811. The van der Waals surface area contributed by atoms with E-state index in [9.17, 15) is 0 Å². The maximum Gasteiger partial charge on any atom is 0.265 e. The molecule has 6 aliphatic rings. The van der Waals surface area contributed by atoms with E-state index >= 15 is 0 Å². The first-order chi connectivity index (χ1) is 61.5. The molecule has 124 heavy (non-hydrogen) atoms. The lowest BCUT2D eigenvalue weighted by atomic mass is 9.29. The van der Waals surface area contributed by atoms with Gasteiger partial charge in [-0.3, -0.25) is 0 Å². The van der Waals surface area contributed by atoms with Gasteiger partial charge >= 0.3 is 0 Å². The highest BCUT2D eigenvalue weighted by Crippen LogP contribution is 2.57. The third-order valence-electron chi connectivity index (χ3n) is 26.3. The van der Waals surface area contributed by atoms with E-state index in [1.807, 2.05) is 0 Å². The second-order valence-corrected chi connectivity index (χ2v) is 33.1. The lowest BCUT2D eigenvalue weighted by Crippen LogP contribution is -2.66. The third-order valence-corrected chi connectivity index (χ3v) is 26.3. The van der Waals surface area contributed by atoms with Crippen molar-refractivity contribution in [3.8, 4) is 146 Å². The summed E-state index contributed by atoms with van der Waals surface area (Å²) in [7, 11) is 0. The van der Waals surface area contributed by atoms with Crippen LogP contribution in [0.5, 0.6) is 46.0 Å². The zero-order valence-corrected chi connectivity index (χ0v) is 67.0. The van der Waals surface area contributed by atoms with Gasteiger partial charge in [0.2, 0.25) is 0 Å². The molecular weight excluding hydrogens is 1510 g/mol. The molecule has 0 spiro atoms. The van der Waals surface area contributed by atoms with Crippen LogP contribution < -0.4 is 77.9 Å². The number of ether oxygens (including phenoxy) is 4. The predicted molar refractivity (Wildman–Crippen MR) is 512 cm³/mol. The normalized spacial score (nSPS) is 13.0. The highest BCUT2D eigenvalue weighted by Gasteiger charge is 2.54. The first kappa shape index (κ1) is 69.9. The number of anilines is 6. The van der Waals surface area contributed by atoms with Crippen LogP contribution in [0, 0.1) is 0 Å². The predicted octanol–water partition coefficient (Wildman–Crippen LogP) is 24.1. The van der Waals surface area contributed by atoms with Crippen molar-refractivity contribution >= 4 is 125 Å². The van der Waals surface area contributed by atoms with Gasteiger partial charge in [-0.25, -0.2) is 0 Å². The van der Waals surface area contributed by atoms with Crippen molar-refractivity contribution in [3.05, 3.63) is 419 Å². The van der Waals surface area contributed by atoms with Crippen molar-refractivity contribution in [3.63, 3.8) is 0 Å². The van der Waals surface area contributed by atoms with Crippen molar-refractivity contribution in [2.75, 3.05) is 9.80 Å². The van der Waals surface area contributed by atoms with Gasteiger partial charge in [-0.2, -0.15) is 0 Å². The summed E-state index contributed by atoms with van der Waals surface area (Å²) < 4.78 is 38.8. The standard InChI is InChI=1S/C114H69B3N2O5/c1-9-29-70(30-10-1)78-54-59-99-92(61-78)115-93-62-79(71-31-11-2-12-32-71)55-60-100(93)123-114-108(115)104(121-99)69-105-110(114)117-91-58-53-81(73-35-15-4-16-36-73)67-102(91)124-113-107-97(68-103(122-105)109(113)117)119(112-86(76-41-21-7-22-42-76)48-28-49-87(112)77-43-23-8-24-44-77)96-65-83(82-51-56-89-88-45-25-26-50-98(88)120-101(89)66-82)64-95-106(96)116(107)90-57-52-80(72-33-13-3-14-34-72)63-94(90)118(95)111-84(74-37-17-5-18-38-74)46-27-47-85(111)75-39-19-6-20-40-75/h1-69H. The monoisotopic (exact) mass is 1580 g/mol. The van der Waals surface area contributed by atoms with E-state index in [1.165, 1.54) is 0 Å². The number of furan rings is 1. The lowest BCUT2D eigenvalue weighted by Gasteiger charge is -2.47. The van der Waals surface area contributed by atoms with Crippen LogP contribution in [0.2, 0.25) is 0 Å². The molecular formula is C114H69B3N2O5. The number of hydrogen-bond acceptors (Lipinski definition) is 7. The fourth-order valence-corrected chi connectivity index (χ4v) is 20.8. The summed E-state index contributed by atoms with van der Waals surface area (Å²) in [6.07, 6.45) is 0. The summed E-state index contributed by atoms with van der Waals surface area (Å²) in [6, 6.07) is 152. The molecule has 0 N–H and O–H groups in total. The SMILES string of the molecule is c1ccc(-c2ccc3c(c2)Oc2c4c(cc5c2B2c6ccc(-c7ccccc7)cc6N(c6c(-c7ccccc7)cccc6-c6ccccc6)c6cc(-c7ccc8c(c7)oc7ccccc78)cc(c62)N5c2c(-c5ccccc5)cccc2-c2ccccc2)Oc2cc5c6c(c2B34)Oc2ccc(-c3ccccc3)cc2B6c2cc(-c3ccccc3)ccc2O5)cc1. The fourth-order valence-electron chi connectivity index (χ4n) is 20.8. The molecule has 0 aliphatic carbocycles. The molecule has 7 heterocycles. The maximum atomic E-state index is 8.40. The summed E-state index contributed by atoms with van der Waals surface area (Å²) in [4.78, 5) is 5.23. The number of hydrogen-bond donors (Lipinski definition) is 0.